The van der Waals surface area contributed by atoms with Crippen molar-refractivity contribution in [3.05, 3.63) is 0 Å². The second kappa shape index (κ2) is 5.61. The van der Waals surface area contributed by atoms with Gasteiger partial charge in [0.2, 0.25) is 5.91 Å². The number of hydrogen-bond acceptors (Lipinski definition) is 3. The van der Waals surface area contributed by atoms with Gasteiger partial charge in [-0.25, -0.2) is 0 Å². The summed E-state index contributed by atoms with van der Waals surface area (Å²) in [6.45, 7) is 2.54. The topological polar surface area (TPSA) is 55.1 Å². The molecule has 0 radical (unpaired) electrons. The highest BCUT2D eigenvalue weighted by atomic mass is 32.2. The summed E-state index contributed by atoms with van der Waals surface area (Å²) in [7, 11) is 0. The Morgan fingerprint density at radius 1 is 1.64 bits per heavy atom. The molecule has 3 N–H and O–H groups in total. The third kappa shape index (κ3) is 3.50. The van der Waals surface area contributed by atoms with Crippen LogP contribution in [0.5, 0.6) is 0 Å². The predicted molar refractivity (Wildman–Crippen MR) is 61.3 cm³/mol. The molecule has 0 spiro atoms. The number of carbonyl (C=O) groups excluding carboxylic acids is 1. The molecule has 0 bridgehead atoms. The van der Waals surface area contributed by atoms with E-state index in [1.807, 2.05) is 13.2 Å². The van der Waals surface area contributed by atoms with E-state index in [2.05, 4.69) is 5.32 Å². The van der Waals surface area contributed by atoms with Crippen LogP contribution in [0.1, 0.15) is 19.8 Å². The van der Waals surface area contributed by atoms with Crippen LogP contribution >= 0.6 is 11.8 Å². The Morgan fingerprint density at radius 3 is 2.71 bits per heavy atom. The van der Waals surface area contributed by atoms with E-state index in [-0.39, 0.29) is 17.9 Å². The summed E-state index contributed by atoms with van der Waals surface area (Å²) in [6.07, 6.45) is 4.46. The lowest BCUT2D eigenvalue weighted by molar-refractivity contribution is -0.124. The Bertz CT molecular complexity index is 195. The molecule has 0 saturated heterocycles. The van der Waals surface area contributed by atoms with E-state index in [4.69, 9.17) is 5.73 Å². The zero-order valence-corrected chi connectivity index (χ0v) is 9.77. The Kier molecular flexibility index (Phi) is 4.75. The highest BCUT2D eigenvalue weighted by Crippen LogP contribution is 2.32. The van der Waals surface area contributed by atoms with Crippen molar-refractivity contribution in [1.29, 1.82) is 0 Å². The van der Waals surface area contributed by atoms with Gasteiger partial charge in [-0.2, -0.15) is 11.8 Å². The Labute approximate surface area is 90.2 Å². The smallest absolute Gasteiger partial charge is 0.223 e. The van der Waals surface area contributed by atoms with E-state index in [0.29, 0.717) is 12.5 Å². The first-order valence-corrected chi connectivity index (χ1v) is 6.57. The van der Waals surface area contributed by atoms with Crippen molar-refractivity contribution in [2.24, 2.45) is 17.6 Å². The van der Waals surface area contributed by atoms with Gasteiger partial charge in [-0.15, -0.1) is 0 Å². The molecule has 0 aromatic rings. The molecule has 0 aliphatic heterocycles. The molecule has 1 rings (SSSR count). The van der Waals surface area contributed by atoms with Crippen molar-refractivity contribution in [1.82, 2.24) is 5.32 Å². The zero-order valence-electron chi connectivity index (χ0n) is 8.95. The Morgan fingerprint density at radius 2 is 2.29 bits per heavy atom. The fraction of sp³-hybridized carbons (Fsp3) is 0.900. The van der Waals surface area contributed by atoms with Gasteiger partial charge in [-0.1, -0.05) is 6.92 Å². The number of nitrogens with one attached hydrogen (secondary N) is 1. The van der Waals surface area contributed by atoms with E-state index in [0.717, 1.165) is 5.75 Å². The molecule has 4 heteroatoms. The largest absolute Gasteiger partial charge is 0.352 e. The minimum absolute atomic E-state index is 0.0952. The average Bonchev–Trinajstić information content (AvgIpc) is 2.97. The van der Waals surface area contributed by atoms with Gasteiger partial charge < -0.3 is 11.1 Å². The molecule has 1 aliphatic carbocycles. The average molecular weight is 216 g/mol. The molecule has 1 fully saturated rings. The van der Waals surface area contributed by atoms with Crippen LogP contribution in [0.4, 0.5) is 0 Å². The number of thioether (sulfide) groups is 1. The van der Waals surface area contributed by atoms with Crippen molar-refractivity contribution in [2.45, 2.75) is 25.8 Å². The quantitative estimate of drug-likeness (QED) is 0.692. The van der Waals surface area contributed by atoms with Gasteiger partial charge in [0.05, 0.1) is 0 Å². The minimum atomic E-state index is 0.0952. The van der Waals surface area contributed by atoms with Gasteiger partial charge in [-0.05, 0) is 25.0 Å². The van der Waals surface area contributed by atoms with Crippen LogP contribution in [-0.4, -0.2) is 30.5 Å². The van der Waals surface area contributed by atoms with Gasteiger partial charge in [0.15, 0.2) is 0 Å². The van der Waals surface area contributed by atoms with Crippen LogP contribution in [-0.2, 0) is 4.79 Å². The van der Waals surface area contributed by atoms with E-state index >= 15 is 0 Å². The summed E-state index contributed by atoms with van der Waals surface area (Å²) in [5.41, 5.74) is 5.62. The van der Waals surface area contributed by atoms with E-state index in [1.165, 1.54) is 12.8 Å². The maximum absolute atomic E-state index is 11.7. The molecule has 0 aromatic carbocycles. The molecular formula is C10H20N2OS. The van der Waals surface area contributed by atoms with Gasteiger partial charge in [0, 0.05) is 24.3 Å². The van der Waals surface area contributed by atoms with Crippen LogP contribution < -0.4 is 11.1 Å². The molecule has 0 heterocycles. The Hall–Kier alpha value is -0.220. The van der Waals surface area contributed by atoms with Crippen molar-refractivity contribution in [3.63, 3.8) is 0 Å². The summed E-state index contributed by atoms with van der Waals surface area (Å²) >= 11 is 1.70. The molecular weight excluding hydrogens is 196 g/mol. The monoisotopic (exact) mass is 216 g/mol. The lowest BCUT2D eigenvalue weighted by Gasteiger charge is -2.18. The molecule has 82 valence electrons. The maximum Gasteiger partial charge on any atom is 0.223 e. The fourth-order valence-corrected chi connectivity index (χ4v) is 2.17. The summed E-state index contributed by atoms with van der Waals surface area (Å²) in [5.74, 6) is 1.78. The number of nitrogens with two attached hydrogens (primary N) is 1. The molecule has 14 heavy (non-hydrogen) atoms. The van der Waals surface area contributed by atoms with Crippen molar-refractivity contribution < 1.29 is 4.79 Å². The molecule has 1 amide bonds. The first-order valence-electron chi connectivity index (χ1n) is 5.18. The van der Waals surface area contributed by atoms with E-state index in [1.54, 1.807) is 11.8 Å². The van der Waals surface area contributed by atoms with Crippen molar-refractivity contribution >= 4 is 17.7 Å². The van der Waals surface area contributed by atoms with Gasteiger partial charge in [0.1, 0.15) is 0 Å². The standard InChI is InChI=1S/C10H20N2OS/c1-7(6-14-2)10(13)12-9(5-11)8-3-4-8/h7-9H,3-6,11H2,1-2H3,(H,12,13). The lowest BCUT2D eigenvalue weighted by Crippen LogP contribution is -2.44. The highest BCUT2D eigenvalue weighted by Gasteiger charge is 2.31. The van der Waals surface area contributed by atoms with Gasteiger partial charge in [-0.3, -0.25) is 4.79 Å². The third-order valence-corrected chi connectivity index (χ3v) is 3.47. The molecule has 3 nitrogen and oxygen atoms in total. The number of carbonyl (C=O) groups is 1. The second-order valence-electron chi connectivity index (χ2n) is 4.04. The van der Waals surface area contributed by atoms with Crippen LogP contribution in [0.2, 0.25) is 0 Å². The van der Waals surface area contributed by atoms with E-state index < -0.39 is 0 Å². The van der Waals surface area contributed by atoms with Crippen LogP contribution in [0.25, 0.3) is 0 Å². The molecule has 1 saturated carbocycles. The number of hydrogen-bond donors (Lipinski definition) is 2. The Balaban J connectivity index is 2.29. The molecule has 2 atom stereocenters. The first-order chi connectivity index (χ1) is 6.69. The minimum Gasteiger partial charge on any atom is -0.352 e. The third-order valence-electron chi connectivity index (χ3n) is 2.64. The normalized spacial score (nSPS) is 20.2. The van der Waals surface area contributed by atoms with Crippen molar-refractivity contribution in [3.8, 4) is 0 Å². The second-order valence-corrected chi connectivity index (χ2v) is 4.96. The van der Waals surface area contributed by atoms with Gasteiger partial charge >= 0.3 is 0 Å². The van der Waals surface area contributed by atoms with Gasteiger partial charge in [0.25, 0.3) is 0 Å². The molecule has 1 aliphatic rings. The van der Waals surface area contributed by atoms with E-state index in [9.17, 15) is 4.79 Å². The summed E-state index contributed by atoms with van der Waals surface area (Å²) in [4.78, 5) is 11.7. The van der Waals surface area contributed by atoms with Crippen LogP contribution in [0, 0.1) is 11.8 Å². The predicted octanol–water partition coefficient (Wildman–Crippen LogP) is 0.839. The summed E-state index contributed by atoms with van der Waals surface area (Å²) in [6, 6.07) is 0.215. The van der Waals surface area contributed by atoms with Crippen LogP contribution in [0.15, 0.2) is 0 Å². The highest BCUT2D eigenvalue weighted by molar-refractivity contribution is 7.98. The maximum atomic E-state index is 11.7. The fourth-order valence-electron chi connectivity index (χ4n) is 1.52. The number of amides is 1. The SMILES string of the molecule is CSCC(C)C(=O)NC(CN)C1CC1. The lowest BCUT2D eigenvalue weighted by atomic mass is 10.1. The van der Waals surface area contributed by atoms with Crippen molar-refractivity contribution in [2.75, 3.05) is 18.6 Å². The molecule has 2 unspecified atom stereocenters. The number of rotatable bonds is 6. The summed E-state index contributed by atoms with van der Waals surface area (Å²) < 4.78 is 0. The first kappa shape index (κ1) is 11.9. The van der Waals surface area contributed by atoms with Crippen LogP contribution in [0.3, 0.4) is 0 Å². The summed E-state index contributed by atoms with van der Waals surface area (Å²) in [5, 5.41) is 3.04. The molecule has 0 aromatic heterocycles. The zero-order chi connectivity index (χ0) is 10.6.